The molecule has 174 valence electrons. The molecule has 0 atom stereocenters. The number of ether oxygens (including phenoxy) is 2. The van der Waals surface area contributed by atoms with Gasteiger partial charge >= 0.3 is 0 Å². The maximum absolute atomic E-state index is 13.2. The molecule has 1 aliphatic heterocycles. The predicted octanol–water partition coefficient (Wildman–Crippen LogP) is 3.40. The molecular formula is C25H28N2O5S. The molecule has 0 unspecified atom stereocenters. The van der Waals surface area contributed by atoms with Gasteiger partial charge in [-0.05, 0) is 42.0 Å². The van der Waals surface area contributed by atoms with Gasteiger partial charge in [-0.15, -0.1) is 0 Å². The molecule has 0 bridgehead atoms. The third-order valence-electron chi connectivity index (χ3n) is 5.69. The van der Waals surface area contributed by atoms with E-state index in [-0.39, 0.29) is 23.9 Å². The van der Waals surface area contributed by atoms with Crippen molar-refractivity contribution in [2.75, 3.05) is 46.0 Å². The van der Waals surface area contributed by atoms with Crippen molar-refractivity contribution in [1.82, 2.24) is 9.21 Å². The first-order valence-corrected chi connectivity index (χ1v) is 12.5. The predicted molar refractivity (Wildman–Crippen MR) is 127 cm³/mol. The van der Waals surface area contributed by atoms with Crippen LogP contribution in [-0.4, -0.2) is 69.5 Å². The molecule has 1 saturated heterocycles. The van der Waals surface area contributed by atoms with E-state index in [1.807, 2.05) is 43.3 Å². The highest BCUT2D eigenvalue weighted by atomic mass is 32.2. The lowest BCUT2D eigenvalue weighted by Gasteiger charge is -2.34. The molecule has 4 rings (SSSR count). The van der Waals surface area contributed by atoms with E-state index in [0.29, 0.717) is 44.2 Å². The number of fused-ring (bicyclic) bond motifs is 1. The molecule has 3 aromatic carbocycles. The Labute approximate surface area is 194 Å². The van der Waals surface area contributed by atoms with Crippen LogP contribution in [0.15, 0.2) is 71.6 Å². The zero-order valence-electron chi connectivity index (χ0n) is 18.6. The molecule has 8 heteroatoms. The fourth-order valence-corrected chi connectivity index (χ4v) is 5.36. The number of para-hydroxylation sites is 1. The summed E-state index contributed by atoms with van der Waals surface area (Å²) in [4.78, 5) is 15.1. The van der Waals surface area contributed by atoms with Gasteiger partial charge in [0.1, 0.15) is 12.4 Å². The van der Waals surface area contributed by atoms with E-state index >= 15 is 0 Å². The summed E-state index contributed by atoms with van der Waals surface area (Å²) in [5.74, 6) is 0.346. The van der Waals surface area contributed by atoms with Crippen LogP contribution in [0.4, 0.5) is 0 Å². The summed E-state index contributed by atoms with van der Waals surface area (Å²) in [5.41, 5.74) is 0.472. The topological polar surface area (TPSA) is 76.2 Å². The number of hydrogen-bond acceptors (Lipinski definition) is 5. The second-order valence-corrected chi connectivity index (χ2v) is 9.68. The Morgan fingerprint density at radius 1 is 0.879 bits per heavy atom. The Morgan fingerprint density at radius 3 is 2.33 bits per heavy atom. The fourth-order valence-electron chi connectivity index (χ4n) is 3.90. The van der Waals surface area contributed by atoms with Crippen molar-refractivity contribution in [3.8, 4) is 5.75 Å². The van der Waals surface area contributed by atoms with Gasteiger partial charge in [-0.25, -0.2) is 8.42 Å². The average Bonchev–Trinajstić information content (AvgIpc) is 2.86. The molecule has 7 nitrogen and oxygen atoms in total. The van der Waals surface area contributed by atoms with Gasteiger partial charge in [-0.1, -0.05) is 42.5 Å². The van der Waals surface area contributed by atoms with E-state index in [2.05, 4.69) is 0 Å². The number of piperazine rings is 1. The molecule has 1 amide bonds. The summed E-state index contributed by atoms with van der Waals surface area (Å²) in [6, 6.07) is 20.0. The SMILES string of the molecule is CCOCCOc1ccccc1C(=O)N1CCN(S(=O)(=O)c2ccc3ccccc3c2)CC1. The minimum absolute atomic E-state index is 0.162. The molecule has 3 aromatic rings. The van der Waals surface area contributed by atoms with Gasteiger partial charge in [0.15, 0.2) is 0 Å². The standard InChI is InChI=1S/C25H28N2O5S/c1-2-31-17-18-32-24-10-6-5-9-23(24)25(28)26-13-15-27(16-14-26)33(29,30)22-12-11-20-7-3-4-8-21(20)19-22/h3-12,19H,2,13-18H2,1H3. The van der Waals surface area contributed by atoms with Crippen molar-refractivity contribution in [3.05, 3.63) is 72.3 Å². The van der Waals surface area contributed by atoms with Gasteiger partial charge < -0.3 is 14.4 Å². The second-order valence-electron chi connectivity index (χ2n) is 7.75. The maximum Gasteiger partial charge on any atom is 0.257 e. The molecule has 1 aliphatic rings. The third-order valence-corrected chi connectivity index (χ3v) is 7.59. The van der Waals surface area contributed by atoms with Crippen molar-refractivity contribution in [3.63, 3.8) is 0 Å². The van der Waals surface area contributed by atoms with Crippen LogP contribution >= 0.6 is 0 Å². The lowest BCUT2D eigenvalue weighted by molar-refractivity contribution is 0.0688. The van der Waals surface area contributed by atoms with Crippen LogP contribution in [0.2, 0.25) is 0 Å². The van der Waals surface area contributed by atoms with Crippen LogP contribution in [0.5, 0.6) is 5.75 Å². The number of amides is 1. The second kappa shape index (κ2) is 10.3. The van der Waals surface area contributed by atoms with E-state index in [4.69, 9.17) is 9.47 Å². The molecule has 0 aliphatic carbocycles. The molecule has 0 aromatic heterocycles. The average molecular weight is 469 g/mol. The van der Waals surface area contributed by atoms with E-state index in [9.17, 15) is 13.2 Å². The lowest BCUT2D eigenvalue weighted by Crippen LogP contribution is -2.50. The zero-order valence-corrected chi connectivity index (χ0v) is 19.5. The summed E-state index contributed by atoms with van der Waals surface area (Å²) in [6.07, 6.45) is 0. The highest BCUT2D eigenvalue weighted by Gasteiger charge is 2.31. The molecule has 0 N–H and O–H groups in total. The van der Waals surface area contributed by atoms with Gasteiger partial charge in [0, 0.05) is 32.8 Å². The number of benzene rings is 3. The fraction of sp³-hybridized carbons (Fsp3) is 0.320. The number of carbonyl (C=O) groups excluding carboxylic acids is 1. The highest BCUT2D eigenvalue weighted by molar-refractivity contribution is 7.89. The highest BCUT2D eigenvalue weighted by Crippen LogP contribution is 2.24. The van der Waals surface area contributed by atoms with Crippen molar-refractivity contribution in [2.45, 2.75) is 11.8 Å². The molecule has 1 fully saturated rings. The minimum atomic E-state index is -3.64. The van der Waals surface area contributed by atoms with Crippen molar-refractivity contribution in [1.29, 1.82) is 0 Å². The number of hydrogen-bond donors (Lipinski definition) is 0. The molecule has 0 saturated carbocycles. The minimum Gasteiger partial charge on any atom is -0.490 e. The molecule has 0 spiro atoms. The van der Waals surface area contributed by atoms with Gasteiger partial charge in [0.25, 0.3) is 5.91 Å². The molecule has 1 heterocycles. The first kappa shape index (κ1) is 23.2. The van der Waals surface area contributed by atoms with Crippen molar-refractivity contribution < 1.29 is 22.7 Å². The summed E-state index contributed by atoms with van der Waals surface area (Å²) >= 11 is 0. The van der Waals surface area contributed by atoms with Gasteiger partial charge in [-0.2, -0.15) is 4.31 Å². The summed E-state index contributed by atoms with van der Waals surface area (Å²) in [5, 5.41) is 1.88. The van der Waals surface area contributed by atoms with Gasteiger partial charge in [-0.3, -0.25) is 4.79 Å². The van der Waals surface area contributed by atoms with Crippen LogP contribution in [0.1, 0.15) is 17.3 Å². The molecule has 0 radical (unpaired) electrons. The number of sulfonamides is 1. The van der Waals surface area contributed by atoms with Crippen molar-refractivity contribution >= 4 is 26.7 Å². The van der Waals surface area contributed by atoms with Crippen LogP contribution in [0.3, 0.4) is 0 Å². The Kier molecular flexibility index (Phi) is 7.27. The Bertz CT molecular complexity index is 1220. The quantitative estimate of drug-likeness (QED) is 0.474. The van der Waals surface area contributed by atoms with E-state index in [0.717, 1.165) is 10.8 Å². The monoisotopic (exact) mass is 468 g/mol. The maximum atomic E-state index is 13.2. The number of rotatable bonds is 8. The smallest absolute Gasteiger partial charge is 0.257 e. The first-order valence-electron chi connectivity index (χ1n) is 11.1. The molecular weight excluding hydrogens is 440 g/mol. The first-order chi connectivity index (χ1) is 16.0. The lowest BCUT2D eigenvalue weighted by atomic mass is 10.1. The van der Waals surface area contributed by atoms with Crippen LogP contribution < -0.4 is 4.74 Å². The van der Waals surface area contributed by atoms with E-state index in [1.165, 1.54) is 4.31 Å². The van der Waals surface area contributed by atoms with E-state index < -0.39 is 10.0 Å². The van der Waals surface area contributed by atoms with Gasteiger partial charge in [0.2, 0.25) is 10.0 Å². The van der Waals surface area contributed by atoms with E-state index in [1.54, 1.807) is 35.2 Å². The van der Waals surface area contributed by atoms with Crippen molar-refractivity contribution in [2.24, 2.45) is 0 Å². The number of carbonyl (C=O) groups is 1. The summed E-state index contributed by atoms with van der Waals surface area (Å²) in [7, 11) is -3.64. The number of nitrogens with zero attached hydrogens (tertiary/aromatic N) is 2. The van der Waals surface area contributed by atoms with Gasteiger partial charge in [0.05, 0.1) is 17.1 Å². The summed E-state index contributed by atoms with van der Waals surface area (Å²) in [6.45, 7) is 4.45. The zero-order chi connectivity index (χ0) is 23.3. The Hall–Kier alpha value is -2.94. The summed E-state index contributed by atoms with van der Waals surface area (Å²) < 4.78 is 38.9. The van der Waals surface area contributed by atoms with Crippen LogP contribution in [0, 0.1) is 0 Å². The largest absolute Gasteiger partial charge is 0.490 e. The Morgan fingerprint density at radius 2 is 1.58 bits per heavy atom. The van der Waals surface area contributed by atoms with Crippen LogP contribution in [-0.2, 0) is 14.8 Å². The third kappa shape index (κ3) is 5.19. The normalized spacial score (nSPS) is 15.0. The Balaban J connectivity index is 1.42. The van der Waals surface area contributed by atoms with Crippen LogP contribution in [0.25, 0.3) is 10.8 Å². The molecule has 33 heavy (non-hydrogen) atoms.